The Morgan fingerprint density at radius 1 is 1.12 bits per heavy atom. The Balaban J connectivity index is 1.68. The second-order valence-electron chi connectivity index (χ2n) is 10.2. The van der Waals surface area contributed by atoms with Gasteiger partial charge in [-0.25, -0.2) is 0 Å². The molecule has 0 spiro atoms. The van der Waals surface area contributed by atoms with E-state index in [1.165, 1.54) is 23.3 Å². The Bertz CT molecular complexity index is 1000. The first-order valence-electron chi connectivity index (χ1n) is 11.7. The maximum Gasteiger partial charge on any atom is 0.257 e. The van der Waals surface area contributed by atoms with Crippen molar-refractivity contribution >= 4 is 44.1 Å². The van der Waals surface area contributed by atoms with Gasteiger partial charge < -0.3 is 10.2 Å². The van der Waals surface area contributed by atoms with Gasteiger partial charge in [0.1, 0.15) is 5.00 Å². The maximum absolute atomic E-state index is 13.7. The second kappa shape index (κ2) is 9.68. The first kappa shape index (κ1) is 23.5. The van der Waals surface area contributed by atoms with Crippen LogP contribution in [0.15, 0.2) is 28.7 Å². The molecule has 1 atom stereocenters. The van der Waals surface area contributed by atoms with Crippen molar-refractivity contribution in [3.63, 3.8) is 0 Å². The fourth-order valence-corrected chi connectivity index (χ4v) is 6.59. The Morgan fingerprint density at radius 2 is 1.84 bits per heavy atom. The van der Waals surface area contributed by atoms with E-state index in [4.69, 9.17) is 0 Å². The Hall–Kier alpha value is -1.66. The van der Waals surface area contributed by atoms with Crippen LogP contribution in [0.3, 0.4) is 0 Å². The molecule has 2 amide bonds. The molecule has 1 aromatic heterocycles. The molecule has 1 saturated heterocycles. The molecule has 0 bridgehead atoms. The number of hydrogen-bond acceptors (Lipinski definition) is 3. The Kier molecular flexibility index (Phi) is 7.11. The smallest absolute Gasteiger partial charge is 0.257 e. The molecule has 2 heterocycles. The highest BCUT2D eigenvalue weighted by atomic mass is 79.9. The predicted molar refractivity (Wildman–Crippen MR) is 136 cm³/mol. The van der Waals surface area contributed by atoms with Crippen molar-refractivity contribution in [3.8, 4) is 0 Å². The fourth-order valence-electron chi connectivity index (χ4n) is 4.88. The van der Waals surface area contributed by atoms with E-state index in [0.29, 0.717) is 11.5 Å². The lowest BCUT2D eigenvalue weighted by molar-refractivity contribution is 0.0761. The Morgan fingerprint density at radius 3 is 2.50 bits per heavy atom. The van der Waals surface area contributed by atoms with Gasteiger partial charge in [-0.2, -0.15) is 0 Å². The van der Waals surface area contributed by atoms with Crippen LogP contribution in [0, 0.1) is 11.3 Å². The molecule has 1 aliphatic carbocycles. The molecular formula is C26H33BrN2O2S. The third kappa shape index (κ3) is 5.12. The summed E-state index contributed by atoms with van der Waals surface area (Å²) < 4.78 is 0.865. The number of rotatable bonds is 3. The summed E-state index contributed by atoms with van der Waals surface area (Å²) in [7, 11) is 0. The second-order valence-corrected chi connectivity index (χ2v) is 12.2. The number of fused-ring (bicyclic) bond motifs is 1. The molecule has 2 aliphatic rings. The lowest BCUT2D eigenvalue weighted by Crippen LogP contribution is -2.33. The number of carbonyl (C=O) groups excluding carboxylic acids is 2. The molecular weight excluding hydrogens is 484 g/mol. The fraction of sp³-hybridized carbons (Fsp3) is 0.538. The Labute approximate surface area is 203 Å². The molecule has 6 heteroatoms. The van der Waals surface area contributed by atoms with Gasteiger partial charge in [0, 0.05) is 28.0 Å². The molecule has 0 radical (unpaired) electrons. The summed E-state index contributed by atoms with van der Waals surface area (Å²) in [5.74, 6) is 0.522. The normalized spacial score (nSPS) is 19.2. The highest BCUT2D eigenvalue weighted by molar-refractivity contribution is 9.10. The first-order chi connectivity index (χ1) is 15.2. The van der Waals surface area contributed by atoms with Crippen molar-refractivity contribution in [1.82, 2.24) is 4.90 Å². The van der Waals surface area contributed by atoms with Gasteiger partial charge in [0.05, 0.1) is 5.56 Å². The van der Waals surface area contributed by atoms with Crippen LogP contribution >= 0.6 is 27.3 Å². The number of carbonyl (C=O) groups is 2. The average Bonchev–Trinajstić information content (AvgIpc) is 2.90. The molecule has 32 heavy (non-hydrogen) atoms. The van der Waals surface area contributed by atoms with Crippen molar-refractivity contribution in [2.45, 2.75) is 65.7 Å². The van der Waals surface area contributed by atoms with Crippen LogP contribution in [-0.2, 0) is 12.8 Å². The van der Waals surface area contributed by atoms with E-state index in [1.807, 2.05) is 23.1 Å². The van der Waals surface area contributed by atoms with Gasteiger partial charge in [0.15, 0.2) is 0 Å². The van der Waals surface area contributed by atoms with Crippen molar-refractivity contribution in [1.29, 1.82) is 0 Å². The first-order valence-corrected chi connectivity index (χ1v) is 13.4. The van der Waals surface area contributed by atoms with Gasteiger partial charge >= 0.3 is 0 Å². The molecule has 2 aromatic rings. The van der Waals surface area contributed by atoms with E-state index in [0.717, 1.165) is 60.2 Å². The van der Waals surface area contributed by atoms with Crippen LogP contribution in [0.5, 0.6) is 0 Å². The zero-order valence-corrected chi connectivity index (χ0v) is 21.7. The lowest BCUT2D eigenvalue weighted by Gasteiger charge is -2.34. The number of hydrogen-bond donors (Lipinski definition) is 1. The number of thiophene rings is 1. The zero-order valence-electron chi connectivity index (χ0n) is 19.3. The molecule has 172 valence electrons. The molecule has 4 nitrogen and oxygen atoms in total. The zero-order chi connectivity index (χ0) is 22.9. The highest BCUT2D eigenvalue weighted by Crippen LogP contribution is 2.45. The maximum atomic E-state index is 13.7. The van der Waals surface area contributed by atoms with Gasteiger partial charge in [-0.05, 0) is 67.2 Å². The van der Waals surface area contributed by atoms with Gasteiger partial charge in [-0.1, -0.05) is 55.6 Å². The van der Waals surface area contributed by atoms with Crippen LogP contribution in [0.1, 0.15) is 84.0 Å². The van der Waals surface area contributed by atoms with E-state index >= 15 is 0 Å². The number of halogens is 1. The van der Waals surface area contributed by atoms with Gasteiger partial charge in [0.2, 0.25) is 0 Å². The summed E-state index contributed by atoms with van der Waals surface area (Å²) >= 11 is 5.06. The number of amides is 2. The van der Waals surface area contributed by atoms with E-state index in [9.17, 15) is 9.59 Å². The highest BCUT2D eigenvalue weighted by Gasteiger charge is 2.35. The van der Waals surface area contributed by atoms with E-state index in [-0.39, 0.29) is 17.2 Å². The minimum Gasteiger partial charge on any atom is -0.339 e. The summed E-state index contributed by atoms with van der Waals surface area (Å²) in [6.45, 7) is 8.53. The standard InChI is InChI=1S/C26H33BrN2O2S/c1-26(2,3)18-11-12-20-21(16-18)32-24(28-23(30)17-9-8-10-19(27)15-17)22(20)25(31)29-13-6-4-5-7-14-29/h8-10,15,18H,4-7,11-14,16H2,1-3H3,(H,28,30). The molecule has 1 N–H and O–H groups in total. The van der Waals surface area contributed by atoms with Crippen LogP contribution in [0.2, 0.25) is 0 Å². The summed E-state index contributed by atoms with van der Waals surface area (Å²) in [5.41, 5.74) is 2.75. The largest absolute Gasteiger partial charge is 0.339 e. The van der Waals surface area contributed by atoms with Crippen LogP contribution in [-0.4, -0.2) is 29.8 Å². The number of nitrogens with zero attached hydrogens (tertiary/aromatic N) is 1. The topological polar surface area (TPSA) is 49.4 Å². The van der Waals surface area contributed by atoms with Crippen molar-refractivity contribution in [2.75, 3.05) is 18.4 Å². The van der Waals surface area contributed by atoms with Gasteiger partial charge in [0.25, 0.3) is 11.8 Å². The van der Waals surface area contributed by atoms with Crippen molar-refractivity contribution in [2.24, 2.45) is 11.3 Å². The van der Waals surface area contributed by atoms with Crippen molar-refractivity contribution in [3.05, 3.63) is 50.3 Å². The molecule has 1 fully saturated rings. The predicted octanol–water partition coefficient (Wildman–Crippen LogP) is 6.93. The minimum atomic E-state index is -0.165. The third-order valence-corrected chi connectivity index (χ3v) is 8.57. The summed E-state index contributed by atoms with van der Waals surface area (Å²) in [5, 5.41) is 3.84. The SMILES string of the molecule is CC(C)(C)C1CCc2c(sc(NC(=O)c3cccc(Br)c3)c2C(=O)N2CCCCCC2)C1. The lowest BCUT2D eigenvalue weighted by atomic mass is 9.72. The molecule has 1 aliphatic heterocycles. The number of likely N-dealkylation sites (tertiary alicyclic amines) is 1. The van der Waals surface area contributed by atoms with E-state index in [1.54, 1.807) is 17.4 Å². The van der Waals surface area contributed by atoms with Crippen molar-refractivity contribution < 1.29 is 9.59 Å². The quantitative estimate of drug-likeness (QED) is 0.480. The van der Waals surface area contributed by atoms with Gasteiger partial charge in [-0.3, -0.25) is 9.59 Å². The van der Waals surface area contributed by atoms with E-state index < -0.39 is 0 Å². The van der Waals surface area contributed by atoms with Gasteiger partial charge in [-0.15, -0.1) is 11.3 Å². The number of benzene rings is 1. The molecule has 4 rings (SSSR count). The molecule has 0 saturated carbocycles. The number of nitrogens with one attached hydrogen (secondary N) is 1. The number of anilines is 1. The summed E-state index contributed by atoms with van der Waals surface area (Å²) in [6, 6.07) is 7.38. The summed E-state index contributed by atoms with van der Waals surface area (Å²) in [6.07, 6.45) is 7.48. The van der Waals surface area contributed by atoms with E-state index in [2.05, 4.69) is 42.0 Å². The third-order valence-electron chi connectivity index (χ3n) is 6.91. The van der Waals surface area contributed by atoms with Crippen LogP contribution < -0.4 is 5.32 Å². The minimum absolute atomic E-state index is 0.100. The monoisotopic (exact) mass is 516 g/mol. The van der Waals surface area contributed by atoms with Crippen LogP contribution in [0.4, 0.5) is 5.00 Å². The molecule has 1 unspecified atom stereocenters. The van der Waals surface area contributed by atoms with Crippen LogP contribution in [0.25, 0.3) is 0 Å². The summed E-state index contributed by atoms with van der Waals surface area (Å²) in [4.78, 5) is 30.1. The average molecular weight is 518 g/mol. The molecule has 1 aromatic carbocycles.